The molecule has 0 heterocycles. The van der Waals surface area contributed by atoms with Crippen LogP contribution < -0.4 is 10.1 Å². The molecule has 0 spiro atoms. The van der Waals surface area contributed by atoms with Gasteiger partial charge in [-0.2, -0.15) is 0 Å². The molecule has 0 fully saturated rings. The van der Waals surface area contributed by atoms with Gasteiger partial charge in [0.1, 0.15) is 11.4 Å². The van der Waals surface area contributed by atoms with E-state index in [0.29, 0.717) is 0 Å². The third-order valence-electron chi connectivity index (χ3n) is 3.00. The van der Waals surface area contributed by atoms with Crippen molar-refractivity contribution in [2.24, 2.45) is 5.92 Å². The van der Waals surface area contributed by atoms with Crippen molar-refractivity contribution in [2.75, 3.05) is 13.7 Å². The second kappa shape index (κ2) is 6.47. The van der Waals surface area contributed by atoms with Crippen molar-refractivity contribution in [1.82, 2.24) is 5.32 Å². The van der Waals surface area contributed by atoms with Gasteiger partial charge in [0.2, 0.25) is 0 Å². The number of ether oxygens (including phenoxy) is 1. The van der Waals surface area contributed by atoms with E-state index in [1.807, 2.05) is 0 Å². The lowest BCUT2D eigenvalue weighted by atomic mass is 10.0. The average molecular weight is 273 g/mol. The zero-order chi connectivity index (χ0) is 14.6. The molecule has 0 aliphatic heterocycles. The smallest absolute Gasteiger partial charge is 0.257 e. The molecule has 2 unspecified atom stereocenters. The maximum atomic E-state index is 13.8. The summed E-state index contributed by atoms with van der Waals surface area (Å²) in [5.74, 6) is -3.29. The quantitative estimate of drug-likeness (QED) is 0.858. The first-order chi connectivity index (χ1) is 8.92. The lowest BCUT2D eigenvalue weighted by molar-refractivity contribution is 0.0907. The van der Waals surface area contributed by atoms with Crippen LogP contribution in [-0.4, -0.2) is 30.8 Å². The van der Waals surface area contributed by atoms with Gasteiger partial charge in [-0.05, 0) is 25.0 Å². The molecule has 0 saturated carbocycles. The lowest BCUT2D eigenvalue weighted by Gasteiger charge is -2.19. The van der Waals surface area contributed by atoms with Crippen molar-refractivity contribution >= 4 is 5.91 Å². The van der Waals surface area contributed by atoms with Gasteiger partial charge >= 0.3 is 0 Å². The first-order valence-corrected chi connectivity index (χ1v) is 5.86. The summed E-state index contributed by atoms with van der Waals surface area (Å²) in [6.07, 6.45) is 0. The molecule has 0 aliphatic rings. The minimum atomic E-state index is -1.04. The number of carbonyl (C=O) groups is 1. The number of benzene rings is 1. The Hall–Kier alpha value is -1.69. The third kappa shape index (κ3) is 3.41. The molecule has 0 aromatic heterocycles. The van der Waals surface area contributed by atoms with Crippen LogP contribution >= 0.6 is 0 Å². The fourth-order valence-corrected chi connectivity index (χ4v) is 1.48. The number of halogens is 2. The maximum absolute atomic E-state index is 13.8. The number of aliphatic hydroxyl groups is 1. The predicted molar refractivity (Wildman–Crippen MR) is 66.1 cm³/mol. The molecule has 1 amide bonds. The van der Waals surface area contributed by atoms with Gasteiger partial charge < -0.3 is 15.2 Å². The molecular weight excluding hydrogens is 256 g/mol. The van der Waals surface area contributed by atoms with Crippen molar-refractivity contribution in [3.05, 3.63) is 29.3 Å². The fraction of sp³-hybridized carbons (Fsp3) is 0.462. The summed E-state index contributed by atoms with van der Waals surface area (Å²) in [5, 5.41) is 11.4. The number of aliphatic hydroxyl groups excluding tert-OH is 1. The highest BCUT2D eigenvalue weighted by Gasteiger charge is 2.23. The van der Waals surface area contributed by atoms with E-state index < -0.39 is 29.1 Å². The van der Waals surface area contributed by atoms with Crippen LogP contribution in [0.15, 0.2) is 12.1 Å². The van der Waals surface area contributed by atoms with Crippen molar-refractivity contribution in [2.45, 2.75) is 19.9 Å². The Morgan fingerprint density at radius 3 is 2.58 bits per heavy atom. The first kappa shape index (κ1) is 15.4. The van der Waals surface area contributed by atoms with Crippen LogP contribution in [0.5, 0.6) is 5.75 Å². The Morgan fingerprint density at radius 1 is 1.42 bits per heavy atom. The average Bonchev–Trinajstić information content (AvgIpc) is 2.37. The summed E-state index contributed by atoms with van der Waals surface area (Å²) >= 11 is 0. The van der Waals surface area contributed by atoms with Crippen LogP contribution in [0.3, 0.4) is 0 Å². The van der Waals surface area contributed by atoms with Gasteiger partial charge in [0, 0.05) is 12.6 Å². The Balaban J connectivity index is 3.00. The van der Waals surface area contributed by atoms with Crippen LogP contribution in [-0.2, 0) is 0 Å². The van der Waals surface area contributed by atoms with Gasteiger partial charge in [-0.3, -0.25) is 4.79 Å². The predicted octanol–water partition coefficient (Wildman–Crippen LogP) is 1.72. The fourth-order valence-electron chi connectivity index (χ4n) is 1.48. The molecule has 0 saturated heterocycles. The molecule has 1 rings (SSSR count). The van der Waals surface area contributed by atoms with E-state index in [2.05, 4.69) is 5.32 Å². The standard InChI is InChI=1S/C13H17F2NO3/c1-7(6-17)8(2)16-13(18)11-9(14)4-5-10(19-3)12(11)15/h4-5,7-8,17H,6H2,1-3H3,(H,16,18). The lowest BCUT2D eigenvalue weighted by Crippen LogP contribution is -2.39. The molecular formula is C13H17F2NO3. The molecule has 1 aromatic rings. The second-order valence-electron chi connectivity index (χ2n) is 4.36. The zero-order valence-corrected chi connectivity index (χ0v) is 11.0. The van der Waals surface area contributed by atoms with Gasteiger partial charge in [-0.15, -0.1) is 0 Å². The number of amides is 1. The minimum Gasteiger partial charge on any atom is -0.494 e. The summed E-state index contributed by atoms with van der Waals surface area (Å²) in [6.45, 7) is 3.22. The number of nitrogens with one attached hydrogen (secondary N) is 1. The number of rotatable bonds is 5. The van der Waals surface area contributed by atoms with E-state index in [4.69, 9.17) is 9.84 Å². The van der Waals surface area contributed by atoms with E-state index >= 15 is 0 Å². The van der Waals surface area contributed by atoms with Crippen LogP contribution in [0.4, 0.5) is 8.78 Å². The van der Waals surface area contributed by atoms with Gasteiger partial charge in [0.25, 0.3) is 5.91 Å². The minimum absolute atomic E-state index is 0.134. The van der Waals surface area contributed by atoms with E-state index in [-0.39, 0.29) is 18.3 Å². The number of carbonyl (C=O) groups excluding carboxylic acids is 1. The molecule has 4 nitrogen and oxygen atoms in total. The summed E-state index contributed by atoms with van der Waals surface area (Å²) in [5.41, 5.74) is -0.684. The Morgan fingerprint density at radius 2 is 2.05 bits per heavy atom. The molecule has 19 heavy (non-hydrogen) atoms. The highest BCUT2D eigenvalue weighted by molar-refractivity contribution is 5.95. The molecule has 0 aliphatic carbocycles. The van der Waals surface area contributed by atoms with Crippen LogP contribution in [0.25, 0.3) is 0 Å². The summed E-state index contributed by atoms with van der Waals surface area (Å²) in [7, 11) is 1.23. The van der Waals surface area contributed by atoms with E-state index in [0.717, 1.165) is 12.1 Å². The second-order valence-corrected chi connectivity index (χ2v) is 4.36. The largest absolute Gasteiger partial charge is 0.494 e. The number of hydrogen-bond acceptors (Lipinski definition) is 3. The highest BCUT2D eigenvalue weighted by Crippen LogP contribution is 2.23. The van der Waals surface area contributed by atoms with E-state index in [1.165, 1.54) is 7.11 Å². The summed E-state index contributed by atoms with van der Waals surface area (Å²) in [6, 6.07) is 1.67. The number of hydrogen-bond donors (Lipinski definition) is 2. The normalized spacial score (nSPS) is 13.8. The molecule has 0 bridgehead atoms. The topological polar surface area (TPSA) is 58.6 Å². The van der Waals surface area contributed by atoms with Crippen LogP contribution in [0.2, 0.25) is 0 Å². The van der Waals surface area contributed by atoms with Gasteiger partial charge in [-0.25, -0.2) is 8.78 Å². The molecule has 0 radical (unpaired) electrons. The summed E-state index contributed by atoms with van der Waals surface area (Å²) < 4.78 is 32.1. The number of methoxy groups -OCH3 is 1. The van der Waals surface area contributed by atoms with Crippen molar-refractivity contribution < 1.29 is 23.4 Å². The van der Waals surface area contributed by atoms with Crippen molar-refractivity contribution in [1.29, 1.82) is 0 Å². The molecule has 106 valence electrons. The van der Waals surface area contributed by atoms with Gasteiger partial charge in [0.15, 0.2) is 11.6 Å². The summed E-state index contributed by atoms with van der Waals surface area (Å²) in [4.78, 5) is 11.9. The zero-order valence-electron chi connectivity index (χ0n) is 11.0. The van der Waals surface area contributed by atoms with E-state index in [1.54, 1.807) is 13.8 Å². The Kier molecular flexibility index (Phi) is 5.23. The highest BCUT2D eigenvalue weighted by atomic mass is 19.1. The molecule has 2 atom stereocenters. The van der Waals surface area contributed by atoms with Gasteiger partial charge in [-0.1, -0.05) is 6.92 Å². The van der Waals surface area contributed by atoms with E-state index in [9.17, 15) is 13.6 Å². The SMILES string of the molecule is COc1ccc(F)c(C(=O)NC(C)C(C)CO)c1F. The van der Waals surface area contributed by atoms with Gasteiger partial charge in [0.05, 0.1) is 7.11 Å². The first-order valence-electron chi connectivity index (χ1n) is 5.86. The molecule has 1 aromatic carbocycles. The van der Waals surface area contributed by atoms with Crippen LogP contribution in [0.1, 0.15) is 24.2 Å². The monoisotopic (exact) mass is 273 g/mol. The van der Waals surface area contributed by atoms with Crippen molar-refractivity contribution in [3.8, 4) is 5.75 Å². The Labute approximate surface area is 110 Å². The molecule has 2 N–H and O–H groups in total. The maximum Gasteiger partial charge on any atom is 0.257 e. The van der Waals surface area contributed by atoms with Crippen molar-refractivity contribution in [3.63, 3.8) is 0 Å². The Bertz CT molecular complexity index is 465. The third-order valence-corrected chi connectivity index (χ3v) is 3.00. The molecule has 6 heteroatoms. The van der Waals surface area contributed by atoms with Crippen LogP contribution in [0, 0.1) is 17.6 Å².